The second-order valence-electron chi connectivity index (χ2n) is 13.7. The van der Waals surface area contributed by atoms with Gasteiger partial charge in [-0.2, -0.15) is 0 Å². The number of aliphatic hydroxyl groups is 2. The SMILES string of the molecule is CC(C)[Si](OCC[C@@]1(CO)[C@@H](CO)CC=C2[C@@H]1CCC[C@]2(C)CCCOCc1ccccc1)(C(C)C)C(C)C. The first-order valence-corrected chi connectivity index (χ1v) is 17.9. The molecule has 0 radical (unpaired) electrons. The Hall–Kier alpha value is -0.983. The van der Waals surface area contributed by atoms with E-state index in [1.54, 1.807) is 0 Å². The van der Waals surface area contributed by atoms with Gasteiger partial charge in [-0.15, -0.1) is 0 Å². The van der Waals surface area contributed by atoms with Gasteiger partial charge in [-0.1, -0.05) is 96.9 Å². The molecule has 0 aromatic heterocycles. The zero-order valence-electron chi connectivity index (χ0n) is 26.0. The second-order valence-corrected chi connectivity index (χ2v) is 19.2. The molecule has 0 unspecified atom stereocenters. The van der Waals surface area contributed by atoms with E-state index in [1.165, 1.54) is 24.0 Å². The number of hydrogen-bond donors (Lipinski definition) is 2. The van der Waals surface area contributed by atoms with Crippen LogP contribution in [0, 0.1) is 22.7 Å². The van der Waals surface area contributed by atoms with Crippen molar-refractivity contribution in [2.24, 2.45) is 22.7 Å². The van der Waals surface area contributed by atoms with Gasteiger partial charge in [-0.05, 0) is 78.0 Å². The van der Waals surface area contributed by atoms with Crippen molar-refractivity contribution in [3.63, 3.8) is 0 Å². The third-order valence-corrected chi connectivity index (χ3v) is 16.8. The smallest absolute Gasteiger partial charge is 0.200 e. The zero-order valence-corrected chi connectivity index (χ0v) is 27.0. The van der Waals surface area contributed by atoms with Crippen LogP contribution in [-0.4, -0.2) is 45.0 Å². The van der Waals surface area contributed by atoms with Crippen molar-refractivity contribution in [1.82, 2.24) is 0 Å². The molecule has 0 heterocycles. The van der Waals surface area contributed by atoms with Gasteiger partial charge in [0, 0.05) is 31.8 Å². The monoisotopic (exact) mass is 558 g/mol. The van der Waals surface area contributed by atoms with Crippen molar-refractivity contribution in [1.29, 1.82) is 0 Å². The summed E-state index contributed by atoms with van der Waals surface area (Å²) >= 11 is 0. The number of benzene rings is 1. The third-order valence-electron chi connectivity index (χ3n) is 10.7. The molecule has 39 heavy (non-hydrogen) atoms. The minimum atomic E-state index is -1.98. The van der Waals surface area contributed by atoms with Crippen LogP contribution in [0.2, 0.25) is 16.6 Å². The fraction of sp³-hybridized carbons (Fsp3) is 0.765. The summed E-state index contributed by atoms with van der Waals surface area (Å²) in [6.45, 7) is 18.8. The molecule has 1 saturated carbocycles. The Bertz CT molecular complexity index is 876. The molecule has 2 N–H and O–H groups in total. The number of fused-ring (bicyclic) bond motifs is 1. The summed E-state index contributed by atoms with van der Waals surface area (Å²) in [6.07, 6.45) is 9.74. The van der Waals surface area contributed by atoms with Crippen molar-refractivity contribution in [3.8, 4) is 0 Å². The fourth-order valence-corrected chi connectivity index (χ4v) is 14.1. The highest BCUT2D eigenvalue weighted by Crippen LogP contribution is 2.59. The van der Waals surface area contributed by atoms with Crippen molar-refractivity contribution in [2.75, 3.05) is 26.4 Å². The van der Waals surface area contributed by atoms with Crippen molar-refractivity contribution >= 4 is 8.32 Å². The van der Waals surface area contributed by atoms with Crippen LogP contribution in [0.1, 0.15) is 99.0 Å². The third kappa shape index (κ3) is 6.92. The summed E-state index contributed by atoms with van der Waals surface area (Å²) in [5.74, 6) is 0.402. The van der Waals surface area contributed by atoms with E-state index in [1.807, 2.05) is 6.07 Å². The van der Waals surface area contributed by atoms with Gasteiger partial charge < -0.3 is 19.4 Å². The number of ether oxygens (including phenoxy) is 1. The molecule has 1 aromatic carbocycles. The first kappa shape index (κ1) is 32.5. The summed E-state index contributed by atoms with van der Waals surface area (Å²) in [6, 6.07) is 10.4. The van der Waals surface area contributed by atoms with E-state index in [0.29, 0.717) is 35.8 Å². The first-order valence-electron chi connectivity index (χ1n) is 15.7. The van der Waals surface area contributed by atoms with Gasteiger partial charge in [0.2, 0.25) is 0 Å². The molecular weight excluding hydrogens is 500 g/mol. The van der Waals surface area contributed by atoms with E-state index in [9.17, 15) is 10.2 Å². The Morgan fingerprint density at radius 2 is 1.62 bits per heavy atom. The van der Waals surface area contributed by atoms with E-state index in [4.69, 9.17) is 9.16 Å². The van der Waals surface area contributed by atoms with Gasteiger partial charge in [0.25, 0.3) is 0 Å². The Morgan fingerprint density at radius 1 is 0.949 bits per heavy atom. The lowest BCUT2D eigenvalue weighted by atomic mass is 9.50. The average Bonchev–Trinajstić information content (AvgIpc) is 2.91. The van der Waals surface area contributed by atoms with Crippen LogP contribution in [-0.2, 0) is 15.8 Å². The molecule has 0 saturated heterocycles. The quantitative estimate of drug-likeness (QED) is 0.129. The lowest BCUT2D eigenvalue weighted by Crippen LogP contribution is -2.52. The predicted octanol–water partition coefficient (Wildman–Crippen LogP) is 8.29. The standard InChI is InChI=1S/C34H58O4Si/c1-26(2)39(27(3)4,28(5)6)38-22-20-34(25-36)30(23-35)16-17-31-32(34)15-11-18-33(31,7)19-12-21-37-24-29-13-9-8-10-14-29/h8-10,13-14,17,26-28,30,32,35-36H,11-12,15-16,18-25H2,1-7H3/t30-,32+,33-,34-/m1/s1. The number of aliphatic hydroxyl groups excluding tert-OH is 2. The molecule has 0 aliphatic heterocycles. The van der Waals surface area contributed by atoms with Gasteiger partial charge in [0.05, 0.1) is 6.61 Å². The maximum atomic E-state index is 11.1. The van der Waals surface area contributed by atoms with E-state index < -0.39 is 8.32 Å². The minimum absolute atomic E-state index is 0.0876. The van der Waals surface area contributed by atoms with Crippen molar-refractivity contribution < 1.29 is 19.4 Å². The Labute approximate surface area is 240 Å². The number of rotatable bonds is 15. The lowest BCUT2D eigenvalue weighted by molar-refractivity contribution is -0.0515. The molecule has 0 bridgehead atoms. The van der Waals surface area contributed by atoms with Crippen LogP contribution in [0.4, 0.5) is 0 Å². The molecule has 1 aromatic rings. The fourth-order valence-electron chi connectivity index (χ4n) is 8.66. The topological polar surface area (TPSA) is 58.9 Å². The van der Waals surface area contributed by atoms with Gasteiger partial charge >= 0.3 is 0 Å². The molecule has 0 amide bonds. The lowest BCUT2D eigenvalue weighted by Gasteiger charge is -2.55. The molecular formula is C34H58O4Si. The molecule has 4 atom stereocenters. The van der Waals surface area contributed by atoms with Crippen LogP contribution in [0.25, 0.3) is 0 Å². The molecule has 3 rings (SSSR count). The van der Waals surface area contributed by atoms with E-state index in [0.717, 1.165) is 38.7 Å². The molecule has 2 aliphatic carbocycles. The Morgan fingerprint density at radius 3 is 2.21 bits per heavy atom. The maximum Gasteiger partial charge on any atom is 0.200 e. The summed E-state index contributed by atoms with van der Waals surface area (Å²) in [5.41, 5.74) is 4.21. The second kappa shape index (κ2) is 14.3. The molecule has 1 fully saturated rings. The van der Waals surface area contributed by atoms with Crippen LogP contribution in [0.15, 0.2) is 42.0 Å². The highest BCUT2D eigenvalue weighted by molar-refractivity contribution is 6.77. The average molecular weight is 559 g/mol. The van der Waals surface area contributed by atoms with Gasteiger partial charge in [-0.3, -0.25) is 0 Å². The zero-order chi connectivity index (χ0) is 28.7. The van der Waals surface area contributed by atoms with Gasteiger partial charge in [0.15, 0.2) is 8.32 Å². The summed E-state index contributed by atoms with van der Waals surface area (Å²) in [4.78, 5) is 0. The minimum Gasteiger partial charge on any atom is -0.416 e. The summed E-state index contributed by atoms with van der Waals surface area (Å²) < 4.78 is 13.0. The molecule has 5 heteroatoms. The van der Waals surface area contributed by atoms with Crippen molar-refractivity contribution in [2.45, 2.75) is 117 Å². The Kier molecular flexibility index (Phi) is 11.9. The van der Waals surface area contributed by atoms with Gasteiger partial charge in [0.1, 0.15) is 0 Å². The highest BCUT2D eigenvalue weighted by Gasteiger charge is 2.53. The molecule has 0 spiro atoms. The Balaban J connectivity index is 1.72. The summed E-state index contributed by atoms with van der Waals surface area (Å²) in [7, 11) is -1.98. The maximum absolute atomic E-state index is 11.1. The number of allylic oxidation sites excluding steroid dienone is 2. The highest BCUT2D eigenvalue weighted by atomic mass is 28.4. The van der Waals surface area contributed by atoms with Crippen LogP contribution in [0.5, 0.6) is 0 Å². The molecule has 2 aliphatic rings. The predicted molar refractivity (Wildman–Crippen MR) is 165 cm³/mol. The first-order chi connectivity index (χ1) is 18.6. The van der Waals surface area contributed by atoms with E-state index >= 15 is 0 Å². The largest absolute Gasteiger partial charge is 0.416 e. The molecule has 222 valence electrons. The number of hydrogen-bond acceptors (Lipinski definition) is 4. The van der Waals surface area contributed by atoms with Crippen LogP contribution in [0.3, 0.4) is 0 Å². The van der Waals surface area contributed by atoms with E-state index in [2.05, 4.69) is 78.8 Å². The van der Waals surface area contributed by atoms with Crippen molar-refractivity contribution in [3.05, 3.63) is 47.5 Å². The van der Waals surface area contributed by atoms with Crippen LogP contribution >= 0.6 is 0 Å². The van der Waals surface area contributed by atoms with Crippen LogP contribution < -0.4 is 0 Å². The van der Waals surface area contributed by atoms with E-state index in [-0.39, 0.29) is 30.0 Å². The van der Waals surface area contributed by atoms with Gasteiger partial charge in [-0.25, -0.2) is 0 Å². The summed E-state index contributed by atoms with van der Waals surface area (Å²) in [5, 5.41) is 21.6. The normalized spacial score (nSPS) is 27.7. The molecule has 4 nitrogen and oxygen atoms in total.